The Morgan fingerprint density at radius 2 is 1.83 bits per heavy atom. The quantitative estimate of drug-likeness (QED) is 0.491. The summed E-state index contributed by atoms with van der Waals surface area (Å²) in [6, 6.07) is 12.7. The number of ether oxygens (including phenoxy) is 2. The van der Waals surface area contributed by atoms with Crippen molar-refractivity contribution in [1.29, 1.82) is 0 Å². The summed E-state index contributed by atoms with van der Waals surface area (Å²) in [6.07, 6.45) is 0. The van der Waals surface area contributed by atoms with Gasteiger partial charge < -0.3 is 14.8 Å². The molecule has 0 saturated carbocycles. The Morgan fingerprint density at radius 3 is 2.53 bits per heavy atom. The van der Waals surface area contributed by atoms with Gasteiger partial charge in [0.25, 0.3) is 0 Å². The molecule has 1 N–H and O–H groups in total. The molecule has 4 rings (SSSR count). The summed E-state index contributed by atoms with van der Waals surface area (Å²) in [5, 5.41) is 14.9. The molecule has 152 valence electrons. The van der Waals surface area contributed by atoms with Crippen LogP contribution in [0.4, 0.5) is 5.95 Å². The van der Waals surface area contributed by atoms with E-state index in [0.29, 0.717) is 21.9 Å². The molecule has 1 aliphatic rings. The molecule has 0 amide bonds. The van der Waals surface area contributed by atoms with Crippen LogP contribution in [0.3, 0.4) is 0 Å². The van der Waals surface area contributed by atoms with Crippen LogP contribution in [0.2, 0.25) is 5.02 Å². The molecule has 0 radical (unpaired) electrons. The molecule has 0 saturated heterocycles. The maximum Gasteiger partial charge on any atom is 0.355 e. The topological polar surface area (TPSA) is 108 Å². The molecule has 1 atom stereocenters. The first kappa shape index (κ1) is 19.6. The third-order valence-electron chi connectivity index (χ3n) is 4.69. The normalized spacial score (nSPS) is 15.2. The van der Waals surface area contributed by atoms with Gasteiger partial charge in [-0.15, -0.1) is 0 Å². The van der Waals surface area contributed by atoms with Gasteiger partial charge in [0.1, 0.15) is 17.5 Å². The van der Waals surface area contributed by atoms with Crippen LogP contribution in [0.1, 0.15) is 22.0 Å². The number of tetrazole rings is 1. The number of nitrogens with zero attached hydrogens (tertiary/aromatic N) is 4. The predicted molar refractivity (Wildman–Crippen MR) is 107 cm³/mol. The van der Waals surface area contributed by atoms with E-state index in [1.807, 2.05) is 0 Å². The molecule has 0 aliphatic carbocycles. The van der Waals surface area contributed by atoms with E-state index in [-0.39, 0.29) is 17.2 Å². The lowest BCUT2D eigenvalue weighted by atomic mass is 9.89. The van der Waals surface area contributed by atoms with Gasteiger partial charge in [-0.25, -0.2) is 4.79 Å². The summed E-state index contributed by atoms with van der Waals surface area (Å²) in [5.41, 5.74) is 1.02. The van der Waals surface area contributed by atoms with Crippen LogP contribution in [0.15, 0.2) is 59.8 Å². The summed E-state index contributed by atoms with van der Waals surface area (Å²) in [4.78, 5) is 26.2. The molecular formula is C20H16ClN5O4. The highest BCUT2D eigenvalue weighted by Crippen LogP contribution is 2.40. The highest BCUT2D eigenvalue weighted by molar-refractivity contribution is 6.30. The van der Waals surface area contributed by atoms with Gasteiger partial charge in [-0.3, -0.25) is 4.79 Å². The number of carbonyl (C=O) groups excluding carboxylic acids is 2. The highest BCUT2D eigenvalue weighted by Gasteiger charge is 2.39. The van der Waals surface area contributed by atoms with E-state index < -0.39 is 17.8 Å². The monoisotopic (exact) mass is 425 g/mol. The number of para-hydroxylation sites is 1. The van der Waals surface area contributed by atoms with Gasteiger partial charge in [-0.05, 0) is 40.8 Å². The number of Topliss-reactive ketones (excluding diaryl/α,β-unsaturated/α-hetero) is 1. The van der Waals surface area contributed by atoms with Crippen LogP contribution in [0.25, 0.3) is 0 Å². The zero-order valence-electron chi connectivity index (χ0n) is 16.0. The van der Waals surface area contributed by atoms with Gasteiger partial charge in [0.2, 0.25) is 5.95 Å². The third kappa shape index (κ3) is 3.29. The van der Waals surface area contributed by atoms with Crippen molar-refractivity contribution in [2.24, 2.45) is 0 Å². The van der Waals surface area contributed by atoms with Crippen molar-refractivity contribution in [2.75, 3.05) is 19.5 Å². The number of hydrogen-bond acceptors (Lipinski definition) is 8. The number of esters is 1. The van der Waals surface area contributed by atoms with Gasteiger partial charge in [0.05, 0.1) is 19.8 Å². The van der Waals surface area contributed by atoms with Gasteiger partial charge in [0, 0.05) is 16.1 Å². The van der Waals surface area contributed by atoms with Crippen molar-refractivity contribution in [3.8, 4) is 5.75 Å². The van der Waals surface area contributed by atoms with Crippen LogP contribution >= 0.6 is 11.6 Å². The number of halogens is 1. The van der Waals surface area contributed by atoms with Crippen molar-refractivity contribution in [3.63, 3.8) is 0 Å². The van der Waals surface area contributed by atoms with E-state index in [1.54, 1.807) is 48.5 Å². The molecule has 0 bridgehead atoms. The minimum atomic E-state index is -0.829. The number of anilines is 1. The Kier molecular flexibility index (Phi) is 5.20. The van der Waals surface area contributed by atoms with E-state index >= 15 is 0 Å². The number of aromatic nitrogens is 4. The largest absolute Gasteiger partial charge is 0.496 e. The molecule has 9 nitrogen and oxygen atoms in total. The van der Waals surface area contributed by atoms with Crippen molar-refractivity contribution in [2.45, 2.75) is 6.04 Å². The zero-order chi connectivity index (χ0) is 21.3. The van der Waals surface area contributed by atoms with Crippen molar-refractivity contribution in [3.05, 3.63) is 76.0 Å². The third-order valence-corrected chi connectivity index (χ3v) is 4.94. The Balaban J connectivity index is 1.98. The number of fused-ring (bicyclic) bond motifs is 1. The second-order valence-electron chi connectivity index (χ2n) is 6.33. The standard InChI is InChI=1S/C20H16ClN5O4/c1-29-14-6-4-3-5-13(14)17-15(18(27)11-7-9-12(21)10-8-11)16(19(28)30-2)22-20-23-24-25-26(17)20/h3-10,17H,1-2H3,(H,22,23,25)/t17-/m0/s1. The van der Waals surface area contributed by atoms with Crippen LogP contribution in [0.5, 0.6) is 5.75 Å². The van der Waals surface area contributed by atoms with E-state index in [1.165, 1.54) is 18.9 Å². The van der Waals surface area contributed by atoms with E-state index in [4.69, 9.17) is 21.1 Å². The fourth-order valence-corrected chi connectivity index (χ4v) is 3.45. The van der Waals surface area contributed by atoms with Crippen molar-refractivity contribution in [1.82, 2.24) is 20.2 Å². The number of hydrogen-bond donors (Lipinski definition) is 1. The summed E-state index contributed by atoms with van der Waals surface area (Å²) in [5.74, 6) is -0.423. The number of nitrogens with one attached hydrogen (secondary N) is 1. The summed E-state index contributed by atoms with van der Waals surface area (Å²) in [7, 11) is 2.75. The van der Waals surface area contributed by atoms with Crippen LogP contribution in [0, 0.1) is 0 Å². The summed E-state index contributed by atoms with van der Waals surface area (Å²) in [6.45, 7) is 0. The zero-order valence-corrected chi connectivity index (χ0v) is 16.8. The lowest BCUT2D eigenvalue weighted by molar-refractivity contribution is -0.136. The predicted octanol–water partition coefficient (Wildman–Crippen LogP) is 2.66. The van der Waals surface area contributed by atoms with E-state index in [0.717, 1.165) is 0 Å². The minimum absolute atomic E-state index is 0.0457. The first-order valence-electron chi connectivity index (χ1n) is 8.85. The smallest absolute Gasteiger partial charge is 0.355 e. The molecular weight excluding hydrogens is 410 g/mol. The maximum absolute atomic E-state index is 13.6. The Labute approximate surface area is 176 Å². The fourth-order valence-electron chi connectivity index (χ4n) is 3.33. The minimum Gasteiger partial charge on any atom is -0.496 e. The van der Waals surface area contributed by atoms with E-state index in [2.05, 4.69) is 20.8 Å². The maximum atomic E-state index is 13.6. The Morgan fingerprint density at radius 1 is 1.10 bits per heavy atom. The Bertz CT molecular complexity index is 1160. The fraction of sp³-hybridized carbons (Fsp3) is 0.150. The van der Waals surface area contributed by atoms with Crippen molar-refractivity contribution >= 4 is 29.3 Å². The summed E-state index contributed by atoms with van der Waals surface area (Å²) >= 11 is 5.96. The number of carbonyl (C=O) groups is 2. The SMILES string of the molecule is COC(=O)C1=C(C(=O)c2ccc(Cl)cc2)[C@H](c2ccccc2OC)n2nnnc2N1. The van der Waals surface area contributed by atoms with Gasteiger partial charge >= 0.3 is 5.97 Å². The molecule has 0 spiro atoms. The molecule has 0 fully saturated rings. The molecule has 2 aromatic carbocycles. The van der Waals surface area contributed by atoms with Crippen LogP contribution < -0.4 is 10.1 Å². The summed E-state index contributed by atoms with van der Waals surface area (Å²) < 4.78 is 11.8. The molecule has 2 heterocycles. The molecule has 3 aromatic rings. The number of benzene rings is 2. The second kappa shape index (κ2) is 7.96. The average molecular weight is 426 g/mol. The molecule has 10 heteroatoms. The average Bonchev–Trinajstić information content (AvgIpc) is 3.25. The first-order valence-corrected chi connectivity index (χ1v) is 9.23. The molecule has 1 aromatic heterocycles. The number of allylic oxidation sites excluding steroid dienone is 1. The van der Waals surface area contributed by atoms with Gasteiger partial charge in [-0.1, -0.05) is 34.9 Å². The lowest BCUT2D eigenvalue weighted by Gasteiger charge is -2.28. The highest BCUT2D eigenvalue weighted by atomic mass is 35.5. The van der Waals surface area contributed by atoms with Crippen LogP contribution in [-0.2, 0) is 9.53 Å². The number of methoxy groups -OCH3 is 2. The molecule has 1 aliphatic heterocycles. The second-order valence-corrected chi connectivity index (χ2v) is 6.77. The first-order chi connectivity index (χ1) is 14.5. The van der Waals surface area contributed by atoms with Crippen molar-refractivity contribution < 1.29 is 19.1 Å². The lowest BCUT2D eigenvalue weighted by Crippen LogP contribution is -2.33. The van der Waals surface area contributed by atoms with Gasteiger partial charge in [0.15, 0.2) is 5.78 Å². The van der Waals surface area contributed by atoms with E-state index in [9.17, 15) is 9.59 Å². The molecule has 0 unspecified atom stereocenters. The molecule has 30 heavy (non-hydrogen) atoms. The Hall–Kier alpha value is -3.72. The van der Waals surface area contributed by atoms with Crippen LogP contribution in [-0.4, -0.2) is 46.2 Å². The number of ketones is 1. The number of rotatable bonds is 5. The van der Waals surface area contributed by atoms with Gasteiger partial charge in [-0.2, -0.15) is 4.68 Å².